The van der Waals surface area contributed by atoms with Crippen LogP contribution in [0.1, 0.15) is 77.6 Å². The third-order valence-corrected chi connectivity index (χ3v) is 7.64. The van der Waals surface area contributed by atoms with Gasteiger partial charge in [0.15, 0.2) is 5.84 Å². The van der Waals surface area contributed by atoms with E-state index in [9.17, 15) is 10.2 Å². The summed E-state index contributed by atoms with van der Waals surface area (Å²) in [5.41, 5.74) is 0. The molecule has 0 radical (unpaired) electrons. The van der Waals surface area contributed by atoms with Gasteiger partial charge in [0.05, 0.1) is 28.2 Å². The van der Waals surface area contributed by atoms with Gasteiger partial charge >= 0.3 is 0 Å². The first-order valence-corrected chi connectivity index (χ1v) is 14.0. The maximum Gasteiger partial charge on any atom is 0.198 e. The summed E-state index contributed by atoms with van der Waals surface area (Å²) in [6.45, 7) is 4.94. The van der Waals surface area contributed by atoms with Crippen LogP contribution in [0.5, 0.6) is 5.75 Å². The molecule has 0 aliphatic carbocycles. The molecule has 9 heteroatoms. The van der Waals surface area contributed by atoms with Crippen LogP contribution in [0.2, 0.25) is 15.1 Å². The van der Waals surface area contributed by atoms with Gasteiger partial charge in [-0.15, -0.1) is 0 Å². The third-order valence-electron chi connectivity index (χ3n) is 6.62. The number of aliphatic hydroxyl groups excluding tert-OH is 2. The van der Waals surface area contributed by atoms with Crippen LogP contribution < -0.4 is 17.1 Å². The van der Waals surface area contributed by atoms with E-state index < -0.39 is 6.10 Å². The van der Waals surface area contributed by atoms with Crippen molar-refractivity contribution in [2.24, 2.45) is 4.99 Å². The zero-order chi connectivity index (χ0) is 24.8. The van der Waals surface area contributed by atoms with Crippen LogP contribution in [0.15, 0.2) is 17.1 Å². The molecule has 0 spiro atoms. The van der Waals surface area contributed by atoms with E-state index in [0.29, 0.717) is 38.4 Å². The second-order valence-electron chi connectivity index (χ2n) is 9.39. The standard InChI is InChI=1S/C26H42Cl3N2O3.ClH/c1-2-3-4-5-6-7-8-9-10-11-12-26-30-13-14-31(26,15-16-32)19-21(33)20-34-25-18-23(28)22(27)17-24(25)29;/h17-18,21,32-33H,2-16,19-20H2,1H3;1H/q+1;/p-1. The van der Waals surface area contributed by atoms with E-state index in [0.717, 1.165) is 31.8 Å². The van der Waals surface area contributed by atoms with Crippen molar-refractivity contribution < 1.29 is 31.8 Å². The lowest BCUT2D eigenvalue weighted by Crippen LogP contribution is -3.00. The number of ether oxygens (including phenoxy) is 1. The summed E-state index contributed by atoms with van der Waals surface area (Å²) >= 11 is 18.2. The molecule has 0 saturated heterocycles. The van der Waals surface area contributed by atoms with Crippen LogP contribution in [-0.4, -0.2) is 66.0 Å². The first kappa shape index (κ1) is 32.8. The number of quaternary nitrogens is 1. The highest BCUT2D eigenvalue weighted by Gasteiger charge is 2.39. The zero-order valence-corrected chi connectivity index (χ0v) is 24.0. The molecular weight excluding hydrogens is 530 g/mol. The van der Waals surface area contributed by atoms with E-state index in [2.05, 4.69) is 6.92 Å². The van der Waals surface area contributed by atoms with E-state index in [4.69, 9.17) is 44.5 Å². The number of rotatable bonds is 18. The maximum atomic E-state index is 10.8. The number of unbranched alkanes of at least 4 members (excludes halogenated alkanes) is 9. The fourth-order valence-electron chi connectivity index (χ4n) is 4.71. The number of aliphatic hydroxyl groups is 2. The second kappa shape index (κ2) is 18.1. The minimum atomic E-state index is -0.729. The van der Waals surface area contributed by atoms with E-state index in [1.165, 1.54) is 63.9 Å². The molecule has 1 aliphatic heterocycles. The summed E-state index contributed by atoms with van der Waals surface area (Å²) in [4.78, 5) is 4.76. The average Bonchev–Trinajstić information content (AvgIpc) is 3.18. The minimum absolute atomic E-state index is 0. The SMILES string of the molecule is CCCCCCCCCCCCC1=NCC[N+]1(CCO)CC(O)COc1cc(Cl)c(Cl)cc1Cl.[Cl-]. The Morgan fingerprint density at radius 2 is 1.54 bits per heavy atom. The van der Waals surface area contributed by atoms with E-state index >= 15 is 0 Å². The molecule has 2 atom stereocenters. The van der Waals surface area contributed by atoms with Crippen molar-refractivity contribution >= 4 is 40.6 Å². The van der Waals surface area contributed by atoms with Crippen molar-refractivity contribution in [3.63, 3.8) is 0 Å². The number of hydrogen-bond donors (Lipinski definition) is 2. The first-order chi connectivity index (χ1) is 16.4. The lowest BCUT2D eigenvalue weighted by Gasteiger charge is -2.36. The topological polar surface area (TPSA) is 62.1 Å². The number of benzene rings is 1. The molecule has 0 amide bonds. The molecule has 1 heterocycles. The maximum absolute atomic E-state index is 10.8. The zero-order valence-electron chi connectivity index (χ0n) is 21.0. The molecule has 2 unspecified atom stereocenters. The summed E-state index contributed by atoms with van der Waals surface area (Å²) in [6, 6.07) is 3.09. The Hall–Kier alpha value is -0.270. The Kier molecular flexibility index (Phi) is 16.9. The highest BCUT2D eigenvalue weighted by atomic mass is 35.5. The minimum Gasteiger partial charge on any atom is -1.00 e. The highest BCUT2D eigenvalue weighted by molar-refractivity contribution is 6.43. The van der Waals surface area contributed by atoms with Gasteiger partial charge in [-0.3, -0.25) is 4.48 Å². The van der Waals surface area contributed by atoms with Crippen LogP contribution in [0, 0.1) is 0 Å². The summed E-state index contributed by atoms with van der Waals surface area (Å²) in [5, 5.41) is 21.6. The fourth-order valence-corrected chi connectivity index (χ4v) is 5.30. The van der Waals surface area contributed by atoms with Gasteiger partial charge in [-0.1, -0.05) is 99.5 Å². The van der Waals surface area contributed by atoms with Gasteiger partial charge in [0.1, 0.15) is 38.1 Å². The van der Waals surface area contributed by atoms with Crippen LogP contribution in [-0.2, 0) is 0 Å². The predicted octanol–water partition coefficient (Wildman–Crippen LogP) is 3.92. The van der Waals surface area contributed by atoms with Crippen molar-refractivity contribution in [3.05, 3.63) is 27.2 Å². The Labute approximate surface area is 232 Å². The fraction of sp³-hybridized carbons (Fsp3) is 0.731. The molecular formula is C26H42Cl4N2O3. The monoisotopic (exact) mass is 570 g/mol. The smallest absolute Gasteiger partial charge is 0.198 e. The van der Waals surface area contributed by atoms with Gasteiger partial charge in [-0.2, -0.15) is 0 Å². The lowest BCUT2D eigenvalue weighted by atomic mass is 10.1. The van der Waals surface area contributed by atoms with Crippen LogP contribution in [0.25, 0.3) is 0 Å². The van der Waals surface area contributed by atoms with Crippen LogP contribution in [0.4, 0.5) is 0 Å². The largest absolute Gasteiger partial charge is 1.00 e. The third kappa shape index (κ3) is 11.3. The molecule has 1 aliphatic rings. The molecule has 0 fully saturated rings. The Morgan fingerprint density at radius 1 is 0.943 bits per heavy atom. The van der Waals surface area contributed by atoms with Gasteiger partial charge in [0.25, 0.3) is 0 Å². The molecule has 1 aromatic carbocycles. The molecule has 35 heavy (non-hydrogen) atoms. The van der Waals surface area contributed by atoms with Gasteiger partial charge in [-0.25, -0.2) is 4.99 Å². The molecule has 2 rings (SSSR count). The van der Waals surface area contributed by atoms with Crippen molar-refractivity contribution in [1.82, 2.24) is 0 Å². The summed E-state index contributed by atoms with van der Waals surface area (Å²) in [7, 11) is 0. The van der Waals surface area contributed by atoms with E-state index in [1.807, 2.05) is 0 Å². The van der Waals surface area contributed by atoms with Crippen molar-refractivity contribution in [2.45, 2.75) is 83.7 Å². The molecule has 0 saturated carbocycles. The summed E-state index contributed by atoms with van der Waals surface area (Å²) < 4.78 is 6.27. The number of halogens is 4. The number of hydrogen-bond acceptors (Lipinski definition) is 4. The Morgan fingerprint density at radius 3 is 2.17 bits per heavy atom. The number of aliphatic imine (C=N–C) groups is 1. The van der Waals surface area contributed by atoms with Gasteiger partial charge in [-0.05, 0) is 12.5 Å². The molecule has 5 nitrogen and oxygen atoms in total. The number of amidine groups is 1. The quantitative estimate of drug-likeness (QED) is 0.159. The average molecular weight is 572 g/mol. The number of nitrogens with zero attached hydrogens (tertiary/aromatic N) is 2. The molecule has 2 N–H and O–H groups in total. The normalized spacial score (nSPS) is 18.3. The van der Waals surface area contributed by atoms with Gasteiger partial charge < -0.3 is 27.4 Å². The Bertz CT molecular complexity index is 766. The van der Waals surface area contributed by atoms with Crippen molar-refractivity contribution in [2.75, 3.05) is 39.4 Å². The highest BCUT2D eigenvalue weighted by Crippen LogP contribution is 2.34. The first-order valence-electron chi connectivity index (χ1n) is 12.9. The predicted molar refractivity (Wildman–Crippen MR) is 144 cm³/mol. The van der Waals surface area contributed by atoms with Gasteiger partial charge in [0, 0.05) is 12.5 Å². The lowest BCUT2D eigenvalue weighted by molar-refractivity contribution is -0.840. The summed E-state index contributed by atoms with van der Waals surface area (Å²) in [5.74, 6) is 1.49. The molecule has 1 aromatic rings. The van der Waals surface area contributed by atoms with Crippen LogP contribution in [0.3, 0.4) is 0 Å². The Balaban J connectivity index is 0.00000612. The van der Waals surface area contributed by atoms with E-state index in [1.54, 1.807) is 6.07 Å². The van der Waals surface area contributed by atoms with Crippen molar-refractivity contribution in [3.8, 4) is 5.75 Å². The van der Waals surface area contributed by atoms with Crippen molar-refractivity contribution in [1.29, 1.82) is 0 Å². The second-order valence-corrected chi connectivity index (χ2v) is 10.6. The van der Waals surface area contributed by atoms with Gasteiger partial charge in [0.2, 0.25) is 0 Å². The molecule has 0 bridgehead atoms. The molecule has 0 aromatic heterocycles. The van der Waals surface area contributed by atoms with Crippen LogP contribution >= 0.6 is 34.8 Å². The van der Waals surface area contributed by atoms with E-state index in [-0.39, 0.29) is 25.6 Å². The molecule has 202 valence electrons. The summed E-state index contributed by atoms with van der Waals surface area (Å²) in [6.07, 6.45) is 13.2.